The molecule has 4 aliphatic carbocycles. The highest BCUT2D eigenvalue weighted by Gasteiger charge is 2.51. The number of unbranched alkanes of at least 4 members (excludes halogenated alkanes) is 12. The zero-order valence-electron chi connectivity index (χ0n) is 36.4. The van der Waals surface area contributed by atoms with Crippen LogP contribution in [0.3, 0.4) is 0 Å². The van der Waals surface area contributed by atoms with Gasteiger partial charge in [-0.15, -0.1) is 0 Å². The lowest BCUT2D eigenvalue weighted by Crippen LogP contribution is -2.51. The monoisotopic (exact) mass is 810 g/mol. The average molecular weight is 810 g/mol. The first-order chi connectivity index (χ1) is 28.9. The van der Waals surface area contributed by atoms with E-state index in [-0.39, 0.29) is 29.7 Å². The predicted octanol–water partition coefficient (Wildman–Crippen LogP) is 10.8. The lowest BCUT2D eigenvalue weighted by atomic mass is 9.49. The maximum atomic E-state index is 13.1. The van der Waals surface area contributed by atoms with E-state index < -0.39 is 0 Å². The second-order valence-electron chi connectivity index (χ2n) is 18.7. The van der Waals surface area contributed by atoms with Crippen LogP contribution < -0.4 is 10.1 Å². The number of hydrogen-bond acceptors (Lipinski definition) is 6. The summed E-state index contributed by atoms with van der Waals surface area (Å²) < 4.78 is 11.9. The number of allylic oxidation sites excluding steroid dienone is 2. The van der Waals surface area contributed by atoms with Crippen molar-refractivity contribution < 1.29 is 23.9 Å². The number of amides is 2. The third-order valence-electron chi connectivity index (χ3n) is 13.7. The Balaban J connectivity index is 0.796. The molecule has 59 heavy (non-hydrogen) atoms. The van der Waals surface area contributed by atoms with Crippen LogP contribution in [-0.4, -0.2) is 66.9 Å². The molecule has 5 fully saturated rings. The summed E-state index contributed by atoms with van der Waals surface area (Å²) in [5.41, 5.74) is 2.86. The van der Waals surface area contributed by atoms with Gasteiger partial charge < -0.3 is 19.7 Å². The molecule has 2 aromatic rings. The van der Waals surface area contributed by atoms with E-state index in [0.717, 1.165) is 67.1 Å². The van der Waals surface area contributed by atoms with Crippen molar-refractivity contribution in [2.45, 2.75) is 155 Å². The molecule has 0 aromatic heterocycles. The largest absolute Gasteiger partial charge is 0.489 e. The summed E-state index contributed by atoms with van der Waals surface area (Å²) >= 11 is 0. The molecule has 1 N–H and O–H groups in total. The van der Waals surface area contributed by atoms with Gasteiger partial charge in [-0.3, -0.25) is 14.5 Å². The van der Waals surface area contributed by atoms with Crippen molar-refractivity contribution in [2.75, 3.05) is 39.3 Å². The van der Waals surface area contributed by atoms with Crippen molar-refractivity contribution in [3.8, 4) is 5.75 Å². The molecule has 1 aliphatic heterocycles. The van der Waals surface area contributed by atoms with Crippen LogP contribution in [0, 0.1) is 23.2 Å². The Kier molecular flexibility index (Phi) is 18.2. The first-order valence-corrected chi connectivity index (χ1v) is 23.8. The molecule has 324 valence electrons. The summed E-state index contributed by atoms with van der Waals surface area (Å²) in [6.07, 6.45) is 30.7. The summed E-state index contributed by atoms with van der Waals surface area (Å²) in [7, 11) is 0. The second-order valence-corrected chi connectivity index (χ2v) is 18.7. The van der Waals surface area contributed by atoms with Gasteiger partial charge in [0.15, 0.2) is 0 Å². The Morgan fingerprint density at radius 3 is 1.97 bits per heavy atom. The van der Waals surface area contributed by atoms with Crippen molar-refractivity contribution >= 4 is 17.8 Å². The number of benzene rings is 2. The van der Waals surface area contributed by atoms with Gasteiger partial charge >= 0.3 is 5.97 Å². The Hall–Kier alpha value is -3.65. The number of piperazine rings is 1. The van der Waals surface area contributed by atoms with E-state index >= 15 is 0 Å². The molecule has 4 bridgehead atoms. The minimum absolute atomic E-state index is 0.0144. The molecule has 1 saturated heterocycles. The number of rotatable bonds is 26. The summed E-state index contributed by atoms with van der Waals surface area (Å²) in [6.45, 7) is 6.82. The fourth-order valence-corrected chi connectivity index (χ4v) is 10.9. The molecule has 0 unspecified atom stereocenters. The van der Waals surface area contributed by atoms with Crippen LogP contribution >= 0.6 is 0 Å². The second kappa shape index (κ2) is 24.0. The minimum Gasteiger partial charge on any atom is -0.489 e. The normalized spacial score (nSPS) is 22.5. The maximum Gasteiger partial charge on any atom is 0.338 e. The molecular formula is C51H75N3O5. The molecule has 4 saturated carbocycles. The standard InChI is InChI=1S/C51H75N3O5/c1-2-3-4-5-6-7-8-9-10-11-12-13-14-15-16-19-30-58-50(57)45-24-22-41(23-25-45)40-59-47-21-18-17-20-46(47)39-53-26-28-54(29-27-53)49(56)38-52-48(55)37-51-34-42-31-43(35-51)33-44(32-42)36-51/h6-7,17-18,20-25,42-44H,2-5,8-16,19,26-40H2,1H3,(H,52,55)/b7-6-. The molecule has 5 aliphatic rings. The summed E-state index contributed by atoms with van der Waals surface area (Å²) in [5, 5.41) is 2.99. The van der Waals surface area contributed by atoms with Crippen molar-refractivity contribution in [3.63, 3.8) is 0 Å². The zero-order chi connectivity index (χ0) is 41.1. The lowest BCUT2D eigenvalue weighted by molar-refractivity contribution is -0.136. The summed E-state index contributed by atoms with van der Waals surface area (Å²) in [6, 6.07) is 15.7. The number of hydrogen-bond donors (Lipinski definition) is 1. The molecular weight excluding hydrogens is 735 g/mol. The fourth-order valence-electron chi connectivity index (χ4n) is 10.9. The quantitative estimate of drug-likeness (QED) is 0.0578. The van der Waals surface area contributed by atoms with Crippen LogP contribution in [-0.2, 0) is 27.5 Å². The first-order valence-electron chi connectivity index (χ1n) is 23.8. The molecule has 8 nitrogen and oxygen atoms in total. The predicted molar refractivity (Wildman–Crippen MR) is 237 cm³/mol. The van der Waals surface area contributed by atoms with E-state index in [1.54, 1.807) is 0 Å². The van der Waals surface area contributed by atoms with Crippen molar-refractivity contribution in [1.82, 2.24) is 15.1 Å². The number of esters is 1. The first kappa shape index (κ1) is 44.9. The maximum absolute atomic E-state index is 13.1. The molecule has 7 rings (SSSR count). The van der Waals surface area contributed by atoms with Gasteiger partial charge in [0.25, 0.3) is 0 Å². The highest BCUT2D eigenvalue weighted by Crippen LogP contribution is 2.61. The van der Waals surface area contributed by atoms with Crippen molar-refractivity contribution in [2.24, 2.45) is 23.2 Å². The van der Waals surface area contributed by atoms with Gasteiger partial charge in [-0.1, -0.05) is 107 Å². The number of nitrogens with one attached hydrogen (secondary N) is 1. The SMILES string of the molecule is CCCCC/C=C\CCCCCCCCCCCOC(=O)c1ccc(COc2ccccc2CN2CCN(C(=O)CNC(=O)CC34CC5CC(CC(C5)C3)C4)CC2)cc1. The van der Waals surface area contributed by atoms with Gasteiger partial charge in [0.05, 0.1) is 18.7 Å². The van der Waals surface area contributed by atoms with Gasteiger partial charge in [0, 0.05) is 44.7 Å². The van der Waals surface area contributed by atoms with E-state index in [1.807, 2.05) is 47.4 Å². The van der Waals surface area contributed by atoms with Gasteiger partial charge in [0.2, 0.25) is 11.8 Å². The Labute approximate surface area is 356 Å². The molecule has 2 aromatic carbocycles. The zero-order valence-corrected chi connectivity index (χ0v) is 36.4. The fraction of sp³-hybridized carbons (Fsp3) is 0.667. The van der Waals surface area contributed by atoms with Crippen LogP contribution in [0.5, 0.6) is 5.75 Å². The van der Waals surface area contributed by atoms with E-state index in [4.69, 9.17) is 9.47 Å². The summed E-state index contributed by atoms with van der Waals surface area (Å²) in [5.74, 6) is 3.12. The third kappa shape index (κ3) is 14.8. The van der Waals surface area contributed by atoms with Crippen LogP contribution in [0.15, 0.2) is 60.7 Å². The number of nitrogens with zero attached hydrogens (tertiary/aromatic N) is 2. The van der Waals surface area contributed by atoms with Crippen LogP contribution in [0.2, 0.25) is 0 Å². The van der Waals surface area contributed by atoms with E-state index in [0.29, 0.717) is 38.3 Å². The van der Waals surface area contributed by atoms with Gasteiger partial charge in [-0.05, 0) is 118 Å². The van der Waals surface area contributed by atoms with Gasteiger partial charge in [0.1, 0.15) is 12.4 Å². The highest BCUT2D eigenvalue weighted by atomic mass is 16.5. The van der Waals surface area contributed by atoms with Crippen molar-refractivity contribution in [3.05, 3.63) is 77.4 Å². The lowest BCUT2D eigenvalue weighted by Gasteiger charge is -2.56. The minimum atomic E-state index is -0.266. The van der Waals surface area contributed by atoms with Crippen LogP contribution in [0.25, 0.3) is 0 Å². The highest BCUT2D eigenvalue weighted by molar-refractivity contribution is 5.89. The Bertz CT molecular complexity index is 1580. The molecule has 0 radical (unpaired) electrons. The van der Waals surface area contributed by atoms with Crippen LogP contribution in [0.4, 0.5) is 0 Å². The topological polar surface area (TPSA) is 88.2 Å². The van der Waals surface area contributed by atoms with Gasteiger partial charge in [-0.2, -0.15) is 0 Å². The van der Waals surface area contributed by atoms with Gasteiger partial charge in [-0.25, -0.2) is 4.79 Å². The summed E-state index contributed by atoms with van der Waals surface area (Å²) in [4.78, 5) is 43.0. The van der Waals surface area contributed by atoms with E-state index in [9.17, 15) is 14.4 Å². The molecule has 1 heterocycles. The molecule has 2 amide bonds. The number of carbonyl (C=O) groups is 3. The molecule has 0 atom stereocenters. The van der Waals surface area contributed by atoms with Crippen LogP contribution in [0.1, 0.15) is 163 Å². The molecule has 0 spiro atoms. The number of ether oxygens (including phenoxy) is 2. The smallest absolute Gasteiger partial charge is 0.338 e. The van der Waals surface area contributed by atoms with E-state index in [2.05, 4.69) is 35.4 Å². The number of carbonyl (C=O) groups excluding carboxylic acids is 3. The number of para-hydroxylation sites is 1. The molecule has 8 heteroatoms. The average Bonchev–Trinajstić information content (AvgIpc) is 3.23. The van der Waals surface area contributed by atoms with Crippen molar-refractivity contribution in [1.29, 1.82) is 0 Å². The Morgan fingerprint density at radius 2 is 1.32 bits per heavy atom. The third-order valence-corrected chi connectivity index (χ3v) is 13.7. The van der Waals surface area contributed by atoms with E-state index in [1.165, 1.54) is 116 Å². The Morgan fingerprint density at radius 1 is 0.729 bits per heavy atom.